The second-order valence-corrected chi connectivity index (χ2v) is 5.07. The minimum atomic E-state index is -0.194. The molecule has 5 nitrogen and oxygen atoms in total. The third kappa shape index (κ3) is 4.85. The fourth-order valence-electron chi connectivity index (χ4n) is 2.05. The van der Waals surface area contributed by atoms with Gasteiger partial charge in [-0.1, -0.05) is 35.9 Å². The number of nitrogens with zero attached hydrogens (tertiary/aromatic N) is 1. The zero-order chi connectivity index (χ0) is 16.7. The molecule has 0 fully saturated rings. The van der Waals surface area contributed by atoms with Gasteiger partial charge in [0.2, 0.25) is 5.91 Å². The molecule has 0 spiro atoms. The lowest BCUT2D eigenvalue weighted by molar-refractivity contribution is -0.120. The summed E-state index contributed by atoms with van der Waals surface area (Å²) >= 11 is 0. The average molecular weight is 312 g/mol. The van der Waals surface area contributed by atoms with Crippen LogP contribution in [0.2, 0.25) is 0 Å². The van der Waals surface area contributed by atoms with Gasteiger partial charge in [0.05, 0.1) is 26.9 Å². The molecule has 0 bridgehead atoms. The first-order valence-electron chi connectivity index (χ1n) is 7.22. The fourth-order valence-corrected chi connectivity index (χ4v) is 2.05. The van der Waals surface area contributed by atoms with E-state index in [2.05, 4.69) is 10.5 Å². The molecule has 2 rings (SSSR count). The summed E-state index contributed by atoms with van der Waals surface area (Å²) in [5, 5.41) is 3.96. The zero-order valence-corrected chi connectivity index (χ0v) is 13.5. The number of methoxy groups -OCH3 is 2. The van der Waals surface area contributed by atoms with Crippen molar-refractivity contribution in [3.63, 3.8) is 0 Å². The molecule has 0 radical (unpaired) electrons. The van der Waals surface area contributed by atoms with E-state index in [1.807, 2.05) is 37.3 Å². The summed E-state index contributed by atoms with van der Waals surface area (Å²) in [6.07, 6.45) is 1.83. The van der Waals surface area contributed by atoms with Gasteiger partial charge in [-0.25, -0.2) is 5.43 Å². The standard InChI is InChI=1S/C18H20N2O3/c1-13-4-6-14(7-5-13)12-19-20-18(21)11-15-8-9-16(22-2)17(10-15)23-3/h4-10,12H,11H2,1-3H3,(H,20,21)/b19-12+. The van der Waals surface area contributed by atoms with Gasteiger partial charge in [0.15, 0.2) is 11.5 Å². The highest BCUT2D eigenvalue weighted by Crippen LogP contribution is 2.27. The van der Waals surface area contributed by atoms with E-state index in [0.717, 1.165) is 11.1 Å². The molecule has 0 saturated carbocycles. The second kappa shape index (κ2) is 7.98. The average Bonchev–Trinajstić information content (AvgIpc) is 2.56. The lowest BCUT2D eigenvalue weighted by atomic mass is 10.1. The highest BCUT2D eigenvalue weighted by Gasteiger charge is 2.07. The van der Waals surface area contributed by atoms with Crippen LogP contribution in [0.3, 0.4) is 0 Å². The van der Waals surface area contributed by atoms with Crippen molar-refractivity contribution in [2.24, 2.45) is 5.10 Å². The van der Waals surface area contributed by atoms with Gasteiger partial charge in [0, 0.05) is 0 Å². The van der Waals surface area contributed by atoms with Crippen molar-refractivity contribution in [2.45, 2.75) is 13.3 Å². The molecule has 0 unspecified atom stereocenters. The molecule has 2 aromatic carbocycles. The maximum atomic E-state index is 11.9. The van der Waals surface area contributed by atoms with Gasteiger partial charge in [0.1, 0.15) is 0 Å². The smallest absolute Gasteiger partial charge is 0.244 e. The SMILES string of the molecule is COc1ccc(CC(=O)N/N=C/c2ccc(C)cc2)cc1OC. The Morgan fingerprint density at radius 1 is 1.09 bits per heavy atom. The Bertz CT molecular complexity index is 694. The molecule has 23 heavy (non-hydrogen) atoms. The van der Waals surface area contributed by atoms with E-state index in [9.17, 15) is 4.79 Å². The van der Waals surface area contributed by atoms with Crippen LogP contribution in [-0.2, 0) is 11.2 Å². The summed E-state index contributed by atoms with van der Waals surface area (Å²) in [4.78, 5) is 11.9. The highest BCUT2D eigenvalue weighted by molar-refractivity contribution is 5.83. The van der Waals surface area contributed by atoms with Crippen LogP contribution in [0.1, 0.15) is 16.7 Å². The molecule has 0 aliphatic heterocycles. The minimum absolute atomic E-state index is 0.194. The normalized spacial score (nSPS) is 10.6. The number of amides is 1. The summed E-state index contributed by atoms with van der Waals surface area (Å²) in [5.41, 5.74) is 5.46. The van der Waals surface area contributed by atoms with E-state index >= 15 is 0 Å². The largest absolute Gasteiger partial charge is 0.493 e. The number of hydrogen-bond donors (Lipinski definition) is 1. The lowest BCUT2D eigenvalue weighted by Crippen LogP contribution is -2.19. The van der Waals surface area contributed by atoms with E-state index in [-0.39, 0.29) is 12.3 Å². The van der Waals surface area contributed by atoms with Gasteiger partial charge < -0.3 is 9.47 Å². The van der Waals surface area contributed by atoms with Crippen LogP contribution in [-0.4, -0.2) is 26.3 Å². The molecule has 0 atom stereocenters. The van der Waals surface area contributed by atoms with Gasteiger partial charge in [-0.2, -0.15) is 5.10 Å². The molecule has 0 saturated heterocycles. The molecule has 0 aliphatic rings. The lowest BCUT2D eigenvalue weighted by Gasteiger charge is -2.09. The molecule has 1 N–H and O–H groups in total. The van der Waals surface area contributed by atoms with Gasteiger partial charge in [-0.3, -0.25) is 4.79 Å². The highest BCUT2D eigenvalue weighted by atomic mass is 16.5. The number of hydrazone groups is 1. The summed E-state index contributed by atoms with van der Waals surface area (Å²) in [5.74, 6) is 1.04. The quantitative estimate of drug-likeness (QED) is 0.659. The van der Waals surface area contributed by atoms with Crippen LogP contribution in [0.25, 0.3) is 0 Å². The Balaban J connectivity index is 1.93. The van der Waals surface area contributed by atoms with E-state index in [1.54, 1.807) is 32.6 Å². The monoisotopic (exact) mass is 312 g/mol. The fraction of sp³-hybridized carbons (Fsp3) is 0.222. The molecule has 0 aliphatic carbocycles. The topological polar surface area (TPSA) is 59.9 Å². The molecule has 0 heterocycles. The predicted molar refractivity (Wildman–Crippen MR) is 90.2 cm³/mol. The van der Waals surface area contributed by atoms with E-state index in [4.69, 9.17) is 9.47 Å². The number of nitrogens with one attached hydrogen (secondary N) is 1. The van der Waals surface area contributed by atoms with Crippen molar-refractivity contribution in [3.05, 3.63) is 59.2 Å². The number of ether oxygens (including phenoxy) is 2. The van der Waals surface area contributed by atoms with Crippen LogP contribution in [0, 0.1) is 6.92 Å². The van der Waals surface area contributed by atoms with Gasteiger partial charge in [-0.15, -0.1) is 0 Å². The summed E-state index contributed by atoms with van der Waals surface area (Å²) in [6.45, 7) is 2.02. The van der Waals surface area contributed by atoms with Crippen molar-refractivity contribution >= 4 is 12.1 Å². The maximum absolute atomic E-state index is 11.9. The predicted octanol–water partition coefficient (Wildman–Crippen LogP) is 2.71. The number of carbonyl (C=O) groups is 1. The Morgan fingerprint density at radius 3 is 2.43 bits per heavy atom. The second-order valence-electron chi connectivity index (χ2n) is 5.07. The summed E-state index contributed by atoms with van der Waals surface area (Å²) < 4.78 is 10.4. The number of hydrogen-bond acceptors (Lipinski definition) is 4. The van der Waals surface area contributed by atoms with Crippen molar-refractivity contribution in [2.75, 3.05) is 14.2 Å². The van der Waals surface area contributed by atoms with Crippen molar-refractivity contribution in [3.8, 4) is 11.5 Å². The van der Waals surface area contributed by atoms with Crippen LogP contribution in [0.15, 0.2) is 47.6 Å². The minimum Gasteiger partial charge on any atom is -0.493 e. The van der Waals surface area contributed by atoms with Gasteiger partial charge >= 0.3 is 0 Å². The maximum Gasteiger partial charge on any atom is 0.244 e. The number of rotatable bonds is 6. The Kier molecular flexibility index (Phi) is 5.74. The third-order valence-corrected chi connectivity index (χ3v) is 3.29. The number of benzene rings is 2. The first kappa shape index (κ1) is 16.5. The van der Waals surface area contributed by atoms with Crippen LogP contribution in [0.5, 0.6) is 11.5 Å². The summed E-state index contributed by atoms with van der Waals surface area (Å²) in [6, 6.07) is 13.3. The molecule has 2 aromatic rings. The van der Waals surface area contributed by atoms with Crippen molar-refractivity contribution in [1.29, 1.82) is 0 Å². The third-order valence-electron chi connectivity index (χ3n) is 3.29. The number of carbonyl (C=O) groups excluding carboxylic acids is 1. The molecule has 120 valence electrons. The first-order valence-corrected chi connectivity index (χ1v) is 7.22. The number of aryl methyl sites for hydroxylation is 1. The van der Waals surface area contributed by atoms with Crippen molar-refractivity contribution in [1.82, 2.24) is 5.43 Å². The van der Waals surface area contributed by atoms with Crippen LogP contribution in [0.4, 0.5) is 0 Å². The molecular weight excluding hydrogens is 292 g/mol. The first-order chi connectivity index (χ1) is 11.1. The van der Waals surface area contributed by atoms with Crippen molar-refractivity contribution < 1.29 is 14.3 Å². The van der Waals surface area contributed by atoms with Crippen LogP contribution >= 0.6 is 0 Å². The van der Waals surface area contributed by atoms with Gasteiger partial charge in [0.25, 0.3) is 0 Å². The Labute approximate surface area is 135 Å². The molecule has 0 aromatic heterocycles. The van der Waals surface area contributed by atoms with E-state index in [0.29, 0.717) is 11.5 Å². The zero-order valence-electron chi connectivity index (χ0n) is 13.5. The van der Waals surface area contributed by atoms with E-state index < -0.39 is 0 Å². The Morgan fingerprint density at radius 2 is 1.78 bits per heavy atom. The summed E-state index contributed by atoms with van der Waals surface area (Å²) in [7, 11) is 3.14. The Hall–Kier alpha value is -2.82. The molecular formula is C18H20N2O3. The molecule has 1 amide bonds. The van der Waals surface area contributed by atoms with E-state index in [1.165, 1.54) is 5.56 Å². The van der Waals surface area contributed by atoms with Gasteiger partial charge in [-0.05, 0) is 30.2 Å². The van der Waals surface area contributed by atoms with Crippen LogP contribution < -0.4 is 14.9 Å². The molecule has 5 heteroatoms.